The molecule has 2 rings (SSSR count). The van der Waals surface area contributed by atoms with Gasteiger partial charge >= 0.3 is 5.97 Å². The van der Waals surface area contributed by atoms with Gasteiger partial charge in [0.25, 0.3) is 0 Å². The molecule has 7 heteroatoms. The highest BCUT2D eigenvalue weighted by Gasteiger charge is 2.09. The summed E-state index contributed by atoms with van der Waals surface area (Å²) in [6, 6.07) is 6.99. The minimum atomic E-state index is -0.496. The second kappa shape index (κ2) is 8.33. The van der Waals surface area contributed by atoms with Crippen molar-refractivity contribution < 1.29 is 19.1 Å². The minimum Gasteiger partial charge on any atom is -0.480 e. The summed E-state index contributed by atoms with van der Waals surface area (Å²) in [5.74, 6) is -0.0192. The Morgan fingerprint density at radius 2 is 2.09 bits per heavy atom. The molecule has 0 saturated heterocycles. The van der Waals surface area contributed by atoms with E-state index in [1.165, 1.54) is 0 Å². The molecule has 0 spiro atoms. The number of oxime groups is 1. The number of pyridine rings is 1. The number of benzene rings is 1. The Morgan fingerprint density at radius 1 is 1.26 bits per heavy atom. The Labute approximate surface area is 139 Å². The van der Waals surface area contributed by atoms with Gasteiger partial charge in [0.1, 0.15) is 17.9 Å². The molecule has 0 aliphatic carbocycles. The van der Waals surface area contributed by atoms with Gasteiger partial charge in [0, 0.05) is 11.6 Å². The molecular formula is C16H17ClN2O4. The molecule has 0 unspecified atom stereocenters. The number of carbonyl (C=O) groups is 1. The van der Waals surface area contributed by atoms with Crippen LogP contribution in [0.2, 0.25) is 5.02 Å². The first kappa shape index (κ1) is 17.0. The van der Waals surface area contributed by atoms with Gasteiger partial charge in [-0.25, -0.2) is 4.79 Å². The highest BCUT2D eigenvalue weighted by Crippen LogP contribution is 2.29. The van der Waals surface area contributed by atoms with E-state index in [1.54, 1.807) is 24.4 Å². The molecule has 0 amide bonds. The van der Waals surface area contributed by atoms with Gasteiger partial charge in [-0.1, -0.05) is 16.8 Å². The molecule has 0 saturated carbocycles. The first-order valence-electron chi connectivity index (χ1n) is 7.02. The molecule has 122 valence electrons. The van der Waals surface area contributed by atoms with Crippen molar-refractivity contribution in [2.24, 2.45) is 5.16 Å². The van der Waals surface area contributed by atoms with Crippen LogP contribution in [-0.2, 0) is 14.4 Å². The predicted octanol–water partition coefficient (Wildman–Crippen LogP) is 3.22. The zero-order valence-corrected chi connectivity index (χ0v) is 13.7. The third-order valence-electron chi connectivity index (χ3n) is 2.71. The van der Waals surface area contributed by atoms with Gasteiger partial charge in [0.15, 0.2) is 13.2 Å². The Morgan fingerprint density at radius 3 is 2.87 bits per heavy atom. The predicted molar refractivity (Wildman–Crippen MR) is 87.9 cm³/mol. The number of ether oxygens (including phenoxy) is 2. The summed E-state index contributed by atoms with van der Waals surface area (Å²) in [5.41, 5.74) is 1.39. The maximum atomic E-state index is 11.6. The fraction of sp³-hybridized carbons (Fsp3) is 0.312. The molecular weight excluding hydrogens is 320 g/mol. The van der Waals surface area contributed by atoms with Crippen molar-refractivity contribution in [2.45, 2.75) is 13.8 Å². The van der Waals surface area contributed by atoms with Crippen LogP contribution in [0.4, 0.5) is 0 Å². The zero-order valence-electron chi connectivity index (χ0n) is 12.9. The molecule has 0 N–H and O–H groups in total. The second-order valence-electron chi connectivity index (χ2n) is 4.83. The van der Waals surface area contributed by atoms with Crippen LogP contribution >= 0.6 is 11.6 Å². The summed E-state index contributed by atoms with van der Waals surface area (Å²) < 4.78 is 10.4. The SMILES string of the molecule is CC(C)=NOCCOC(=O)COc1ccc(Cl)c2cccnc12. The van der Waals surface area contributed by atoms with E-state index in [4.69, 9.17) is 25.9 Å². The maximum absolute atomic E-state index is 11.6. The molecule has 2 aromatic rings. The fourth-order valence-electron chi connectivity index (χ4n) is 1.77. The number of rotatable bonds is 7. The van der Waals surface area contributed by atoms with E-state index in [0.29, 0.717) is 16.3 Å². The largest absolute Gasteiger partial charge is 0.480 e. The number of esters is 1. The first-order valence-corrected chi connectivity index (χ1v) is 7.40. The summed E-state index contributed by atoms with van der Waals surface area (Å²) in [6.07, 6.45) is 1.64. The average molecular weight is 337 g/mol. The summed E-state index contributed by atoms with van der Waals surface area (Å²) in [7, 11) is 0. The Balaban J connectivity index is 1.85. The summed E-state index contributed by atoms with van der Waals surface area (Å²) in [6.45, 7) is 3.71. The van der Waals surface area contributed by atoms with Crippen LogP contribution in [0.15, 0.2) is 35.6 Å². The molecule has 0 bridgehead atoms. The standard InChI is InChI=1S/C16H17ClN2O4/c1-11(2)19-23-9-8-21-15(20)10-22-14-6-5-13(17)12-4-3-7-18-16(12)14/h3-7H,8-10H2,1-2H3. The third kappa shape index (κ3) is 5.10. The van der Waals surface area contributed by atoms with E-state index in [2.05, 4.69) is 10.1 Å². The van der Waals surface area contributed by atoms with Crippen LogP contribution in [0.3, 0.4) is 0 Å². The van der Waals surface area contributed by atoms with Crippen LogP contribution in [0, 0.1) is 0 Å². The van der Waals surface area contributed by atoms with E-state index in [0.717, 1.165) is 11.1 Å². The molecule has 0 aliphatic rings. The van der Waals surface area contributed by atoms with Crippen LogP contribution in [0.5, 0.6) is 5.75 Å². The number of hydrogen-bond donors (Lipinski definition) is 0. The normalized spacial score (nSPS) is 10.2. The van der Waals surface area contributed by atoms with Crippen molar-refractivity contribution in [1.29, 1.82) is 0 Å². The van der Waals surface area contributed by atoms with Gasteiger partial charge < -0.3 is 14.3 Å². The van der Waals surface area contributed by atoms with Crippen molar-refractivity contribution in [3.63, 3.8) is 0 Å². The number of hydrogen-bond acceptors (Lipinski definition) is 6. The van der Waals surface area contributed by atoms with Gasteiger partial charge in [0.05, 0.1) is 10.7 Å². The molecule has 1 aromatic heterocycles. The van der Waals surface area contributed by atoms with Gasteiger partial charge in [-0.05, 0) is 38.1 Å². The van der Waals surface area contributed by atoms with Crippen LogP contribution in [-0.4, -0.2) is 36.5 Å². The molecule has 1 heterocycles. The van der Waals surface area contributed by atoms with E-state index in [1.807, 2.05) is 19.9 Å². The van der Waals surface area contributed by atoms with Gasteiger partial charge in [-0.2, -0.15) is 0 Å². The van der Waals surface area contributed by atoms with Gasteiger partial charge in [0.2, 0.25) is 0 Å². The maximum Gasteiger partial charge on any atom is 0.344 e. The number of carbonyl (C=O) groups excluding carboxylic acids is 1. The van der Waals surface area contributed by atoms with Gasteiger partial charge in [-0.15, -0.1) is 0 Å². The van der Waals surface area contributed by atoms with Crippen molar-refractivity contribution >= 4 is 34.2 Å². The van der Waals surface area contributed by atoms with E-state index < -0.39 is 5.97 Å². The fourth-order valence-corrected chi connectivity index (χ4v) is 1.99. The molecule has 1 aromatic carbocycles. The molecule has 23 heavy (non-hydrogen) atoms. The molecule has 0 atom stereocenters. The Kier molecular flexibility index (Phi) is 6.17. The lowest BCUT2D eigenvalue weighted by Crippen LogP contribution is -2.17. The van der Waals surface area contributed by atoms with Crippen molar-refractivity contribution in [3.05, 3.63) is 35.5 Å². The lowest BCUT2D eigenvalue weighted by Gasteiger charge is -2.09. The van der Waals surface area contributed by atoms with E-state index in [-0.39, 0.29) is 19.8 Å². The lowest BCUT2D eigenvalue weighted by atomic mass is 10.2. The number of fused-ring (bicyclic) bond motifs is 1. The zero-order chi connectivity index (χ0) is 16.7. The highest BCUT2D eigenvalue weighted by atomic mass is 35.5. The Bertz CT molecular complexity index is 714. The average Bonchev–Trinajstić information content (AvgIpc) is 2.54. The van der Waals surface area contributed by atoms with E-state index in [9.17, 15) is 4.79 Å². The third-order valence-corrected chi connectivity index (χ3v) is 3.04. The van der Waals surface area contributed by atoms with Crippen LogP contribution in [0.25, 0.3) is 10.9 Å². The summed E-state index contributed by atoms with van der Waals surface area (Å²) >= 11 is 6.10. The van der Waals surface area contributed by atoms with Crippen molar-refractivity contribution in [2.75, 3.05) is 19.8 Å². The molecule has 6 nitrogen and oxygen atoms in total. The topological polar surface area (TPSA) is 70.0 Å². The monoisotopic (exact) mass is 336 g/mol. The smallest absolute Gasteiger partial charge is 0.344 e. The summed E-state index contributed by atoms with van der Waals surface area (Å²) in [5, 5.41) is 5.07. The quantitative estimate of drug-likeness (QED) is 0.336. The van der Waals surface area contributed by atoms with Gasteiger partial charge in [-0.3, -0.25) is 4.98 Å². The molecule has 0 aliphatic heterocycles. The van der Waals surface area contributed by atoms with Crippen molar-refractivity contribution in [3.8, 4) is 5.75 Å². The lowest BCUT2D eigenvalue weighted by molar-refractivity contribution is -0.147. The van der Waals surface area contributed by atoms with E-state index >= 15 is 0 Å². The number of aromatic nitrogens is 1. The minimum absolute atomic E-state index is 0.110. The van der Waals surface area contributed by atoms with Crippen LogP contribution in [0.1, 0.15) is 13.8 Å². The second-order valence-corrected chi connectivity index (χ2v) is 5.23. The highest BCUT2D eigenvalue weighted by molar-refractivity contribution is 6.35. The molecule has 0 fully saturated rings. The summed E-state index contributed by atoms with van der Waals surface area (Å²) in [4.78, 5) is 20.8. The Hall–Kier alpha value is -2.34. The van der Waals surface area contributed by atoms with Crippen molar-refractivity contribution in [1.82, 2.24) is 4.98 Å². The number of halogens is 1. The van der Waals surface area contributed by atoms with Crippen LogP contribution < -0.4 is 4.74 Å². The molecule has 0 radical (unpaired) electrons. The first-order chi connectivity index (χ1) is 11.1. The number of nitrogens with zero attached hydrogens (tertiary/aromatic N) is 2.